The van der Waals surface area contributed by atoms with Crippen molar-refractivity contribution in [3.63, 3.8) is 0 Å². The van der Waals surface area contributed by atoms with Gasteiger partial charge in [-0.3, -0.25) is 0 Å². The second-order valence-corrected chi connectivity index (χ2v) is 10.9. The van der Waals surface area contributed by atoms with E-state index in [0.29, 0.717) is 11.5 Å². The predicted molar refractivity (Wildman–Crippen MR) is 121 cm³/mol. The smallest absolute Gasteiger partial charge is 0.414 e. The van der Waals surface area contributed by atoms with Crippen molar-refractivity contribution in [3.05, 3.63) is 58.1 Å². The van der Waals surface area contributed by atoms with Crippen LogP contribution < -0.4 is 9.05 Å². The summed E-state index contributed by atoms with van der Waals surface area (Å²) in [6, 6.07) is 10.4. The minimum absolute atomic E-state index is 0.118. The zero-order valence-electron chi connectivity index (χ0n) is 18.9. The molecule has 1 aliphatic rings. The molecule has 0 fully saturated rings. The fourth-order valence-corrected chi connectivity index (χ4v) is 4.57. The summed E-state index contributed by atoms with van der Waals surface area (Å²) in [6.07, 6.45) is 4.03. The lowest BCUT2D eigenvalue weighted by molar-refractivity contribution is 0.416. The summed E-state index contributed by atoms with van der Waals surface area (Å²) in [5.41, 5.74) is 5.46. The molecule has 0 N–H and O–H groups in total. The first kappa shape index (κ1) is 22.1. The Balaban J connectivity index is 1.90. The van der Waals surface area contributed by atoms with Gasteiger partial charge in [-0.25, -0.2) is 0 Å². The molecule has 158 valence electrons. The van der Waals surface area contributed by atoms with Gasteiger partial charge in [0.15, 0.2) is 0 Å². The van der Waals surface area contributed by atoms with Crippen LogP contribution in [0.4, 0.5) is 4.20 Å². The van der Waals surface area contributed by atoms with Gasteiger partial charge in [0.1, 0.15) is 11.5 Å². The minimum atomic E-state index is -2.58. The Morgan fingerprint density at radius 1 is 0.897 bits per heavy atom. The van der Waals surface area contributed by atoms with Gasteiger partial charge < -0.3 is 9.05 Å². The van der Waals surface area contributed by atoms with Crippen LogP contribution in [0.3, 0.4) is 0 Å². The number of hydrogen-bond donors (Lipinski definition) is 0. The summed E-state index contributed by atoms with van der Waals surface area (Å²) >= 11 is 0. The molecule has 2 aromatic rings. The van der Waals surface area contributed by atoms with E-state index in [2.05, 4.69) is 66.7 Å². The Morgan fingerprint density at radius 3 is 2.21 bits per heavy atom. The number of benzene rings is 2. The van der Waals surface area contributed by atoms with Gasteiger partial charge in [0.05, 0.1) is 0 Å². The molecule has 2 bridgehead atoms. The molecule has 3 rings (SSSR count). The van der Waals surface area contributed by atoms with Crippen LogP contribution >= 0.6 is 8.69 Å². The second-order valence-electron chi connectivity index (χ2n) is 10.1. The van der Waals surface area contributed by atoms with Crippen LogP contribution in [0, 0.1) is 0 Å². The molecule has 0 amide bonds. The Labute approximate surface area is 176 Å². The fraction of sp³-hybridized carbons (Fsp3) is 0.520. The maximum absolute atomic E-state index is 15.1. The number of hydrogen-bond acceptors (Lipinski definition) is 2. The van der Waals surface area contributed by atoms with Crippen LogP contribution in [0.5, 0.6) is 11.5 Å². The molecular formula is C25H34FO2P. The third-order valence-corrected chi connectivity index (χ3v) is 6.20. The SMILES string of the molecule is CCc1ccc(OP(F)Oc2c3cc(cc2C(C)(C)C)CCC3)c(C(C)(C)C)c1. The van der Waals surface area contributed by atoms with E-state index in [4.69, 9.17) is 9.05 Å². The molecule has 1 unspecified atom stereocenters. The quantitative estimate of drug-likeness (QED) is 0.460. The third kappa shape index (κ3) is 5.12. The van der Waals surface area contributed by atoms with Gasteiger partial charge in [-0.15, -0.1) is 4.20 Å². The maximum atomic E-state index is 15.1. The highest BCUT2D eigenvalue weighted by Crippen LogP contribution is 2.49. The Morgan fingerprint density at radius 2 is 1.59 bits per heavy atom. The zero-order valence-corrected chi connectivity index (χ0v) is 19.8. The molecule has 0 aromatic heterocycles. The molecule has 0 spiro atoms. The normalized spacial score (nSPS) is 15.2. The molecule has 1 atom stereocenters. The summed E-state index contributed by atoms with van der Waals surface area (Å²) in [7, 11) is -2.58. The number of aryl methyl sites for hydroxylation is 3. The van der Waals surface area contributed by atoms with E-state index in [1.807, 2.05) is 12.1 Å². The Bertz CT molecular complexity index is 878. The number of rotatable bonds is 5. The van der Waals surface area contributed by atoms with E-state index in [0.717, 1.165) is 42.4 Å². The third-order valence-electron chi connectivity index (χ3n) is 5.54. The van der Waals surface area contributed by atoms with Crippen LogP contribution in [-0.4, -0.2) is 0 Å². The Kier molecular flexibility index (Phi) is 6.30. The first-order valence-electron chi connectivity index (χ1n) is 10.6. The summed E-state index contributed by atoms with van der Waals surface area (Å²) in [5.74, 6) is 1.25. The molecule has 4 heteroatoms. The molecule has 2 aromatic carbocycles. The first-order chi connectivity index (χ1) is 13.5. The predicted octanol–water partition coefficient (Wildman–Crippen LogP) is 7.99. The van der Waals surface area contributed by atoms with Gasteiger partial charge in [-0.1, -0.05) is 72.7 Å². The van der Waals surface area contributed by atoms with E-state index in [9.17, 15) is 0 Å². The first-order valence-corrected chi connectivity index (χ1v) is 11.7. The lowest BCUT2D eigenvalue weighted by Gasteiger charge is -2.28. The minimum Gasteiger partial charge on any atom is -0.414 e. The molecular weight excluding hydrogens is 382 g/mol. The molecule has 0 aliphatic heterocycles. The Hall–Kier alpha value is -1.60. The van der Waals surface area contributed by atoms with Crippen molar-refractivity contribution in [2.24, 2.45) is 0 Å². The van der Waals surface area contributed by atoms with Gasteiger partial charge in [-0.05, 0) is 59.3 Å². The van der Waals surface area contributed by atoms with Crippen LogP contribution in [0.15, 0.2) is 30.3 Å². The van der Waals surface area contributed by atoms with Crippen molar-refractivity contribution in [2.45, 2.75) is 85.0 Å². The van der Waals surface area contributed by atoms with E-state index < -0.39 is 8.69 Å². The zero-order chi connectivity index (χ0) is 21.4. The lowest BCUT2D eigenvalue weighted by Crippen LogP contribution is -2.17. The molecule has 2 nitrogen and oxygen atoms in total. The van der Waals surface area contributed by atoms with Crippen LogP contribution in [-0.2, 0) is 30.1 Å². The number of halogens is 1. The van der Waals surface area contributed by atoms with E-state index in [1.165, 1.54) is 11.1 Å². The largest absolute Gasteiger partial charge is 0.505 e. The molecule has 1 aliphatic carbocycles. The van der Waals surface area contributed by atoms with Crippen molar-refractivity contribution in [1.29, 1.82) is 0 Å². The van der Waals surface area contributed by atoms with Crippen molar-refractivity contribution < 1.29 is 13.2 Å². The molecule has 0 saturated heterocycles. The van der Waals surface area contributed by atoms with E-state index in [-0.39, 0.29) is 10.8 Å². The summed E-state index contributed by atoms with van der Waals surface area (Å²) in [4.78, 5) is 0. The summed E-state index contributed by atoms with van der Waals surface area (Å²) in [6.45, 7) is 14.9. The summed E-state index contributed by atoms with van der Waals surface area (Å²) in [5, 5.41) is 0. The maximum Gasteiger partial charge on any atom is 0.505 e. The standard InChI is InChI=1S/C25H34FO2P/c1-8-17-12-13-22(20(15-17)24(2,3)4)27-29(26)28-23-19-11-9-10-18(14-19)16-21(23)25(5,6)7/h12-16H,8-11H2,1-7H3. The highest BCUT2D eigenvalue weighted by Gasteiger charge is 2.29. The van der Waals surface area contributed by atoms with E-state index >= 15 is 4.20 Å². The summed E-state index contributed by atoms with van der Waals surface area (Å²) < 4.78 is 26.8. The average Bonchev–Trinajstić information content (AvgIpc) is 2.62. The number of fused-ring (bicyclic) bond motifs is 2. The van der Waals surface area contributed by atoms with Crippen molar-refractivity contribution in [1.82, 2.24) is 0 Å². The topological polar surface area (TPSA) is 18.5 Å². The molecule has 0 saturated carbocycles. The van der Waals surface area contributed by atoms with Gasteiger partial charge in [0.2, 0.25) is 0 Å². The van der Waals surface area contributed by atoms with Crippen LogP contribution in [0.25, 0.3) is 0 Å². The molecule has 0 heterocycles. The monoisotopic (exact) mass is 416 g/mol. The van der Waals surface area contributed by atoms with Crippen molar-refractivity contribution in [3.8, 4) is 11.5 Å². The highest BCUT2D eigenvalue weighted by molar-refractivity contribution is 7.42. The lowest BCUT2D eigenvalue weighted by atomic mass is 9.81. The highest BCUT2D eigenvalue weighted by atomic mass is 31.2. The van der Waals surface area contributed by atoms with Crippen LogP contribution in [0.1, 0.15) is 82.7 Å². The van der Waals surface area contributed by atoms with Crippen molar-refractivity contribution in [2.75, 3.05) is 0 Å². The van der Waals surface area contributed by atoms with Crippen LogP contribution in [0.2, 0.25) is 0 Å². The van der Waals surface area contributed by atoms with Gasteiger partial charge >= 0.3 is 8.69 Å². The fourth-order valence-electron chi connectivity index (χ4n) is 3.86. The second kappa shape index (κ2) is 8.26. The molecule has 0 radical (unpaired) electrons. The van der Waals surface area contributed by atoms with Crippen molar-refractivity contribution >= 4 is 8.69 Å². The van der Waals surface area contributed by atoms with Gasteiger partial charge in [0, 0.05) is 11.1 Å². The van der Waals surface area contributed by atoms with Gasteiger partial charge in [0.25, 0.3) is 0 Å². The van der Waals surface area contributed by atoms with Gasteiger partial charge in [-0.2, -0.15) is 0 Å². The molecule has 29 heavy (non-hydrogen) atoms. The average molecular weight is 417 g/mol. The van der Waals surface area contributed by atoms with E-state index in [1.54, 1.807) is 0 Å².